The van der Waals surface area contributed by atoms with Crippen LogP contribution in [0.2, 0.25) is 0 Å². The van der Waals surface area contributed by atoms with Gasteiger partial charge >= 0.3 is 5.97 Å². The summed E-state index contributed by atoms with van der Waals surface area (Å²) in [6.45, 7) is 5.13. The number of hydrogen-bond acceptors (Lipinski definition) is 3. The Kier molecular flexibility index (Phi) is 12.2. The van der Waals surface area contributed by atoms with E-state index in [1.165, 1.54) is 51.0 Å². The van der Waals surface area contributed by atoms with Crippen molar-refractivity contribution in [3.8, 4) is 22.6 Å². The Balaban J connectivity index is 1.48. The Labute approximate surface area is 222 Å². The minimum Gasteiger partial charge on any atom is -0.494 e. The van der Waals surface area contributed by atoms with E-state index in [1.54, 1.807) is 24.3 Å². The van der Waals surface area contributed by atoms with Crippen LogP contribution in [0.4, 0.5) is 4.39 Å². The quantitative estimate of drug-likeness (QED) is 0.111. The molecule has 4 heteroatoms. The Bertz CT molecular complexity index is 1070. The van der Waals surface area contributed by atoms with Crippen LogP contribution in [0.25, 0.3) is 11.1 Å². The zero-order valence-electron chi connectivity index (χ0n) is 22.4. The van der Waals surface area contributed by atoms with Crippen molar-refractivity contribution < 1.29 is 18.7 Å². The number of ether oxygens (including phenoxy) is 2. The predicted molar refractivity (Wildman–Crippen MR) is 150 cm³/mol. The molecule has 0 unspecified atom stereocenters. The molecule has 0 amide bonds. The van der Waals surface area contributed by atoms with E-state index in [0.717, 1.165) is 42.7 Å². The van der Waals surface area contributed by atoms with Gasteiger partial charge in [0, 0.05) is 0 Å². The maximum Gasteiger partial charge on any atom is 0.343 e. The van der Waals surface area contributed by atoms with Crippen molar-refractivity contribution in [2.75, 3.05) is 6.61 Å². The second-order valence-corrected chi connectivity index (χ2v) is 9.67. The summed E-state index contributed by atoms with van der Waals surface area (Å²) < 4.78 is 25.8. The smallest absolute Gasteiger partial charge is 0.343 e. The second kappa shape index (κ2) is 15.9. The van der Waals surface area contributed by atoms with Crippen molar-refractivity contribution in [3.05, 3.63) is 83.7 Å². The summed E-state index contributed by atoms with van der Waals surface area (Å²) in [5.74, 6) is 0.399. The lowest BCUT2D eigenvalue weighted by molar-refractivity contribution is 0.0734. The van der Waals surface area contributed by atoms with Gasteiger partial charge < -0.3 is 9.47 Å². The highest BCUT2D eigenvalue weighted by Crippen LogP contribution is 2.25. The molecule has 3 aromatic carbocycles. The molecule has 0 N–H and O–H groups in total. The zero-order valence-corrected chi connectivity index (χ0v) is 22.4. The lowest BCUT2D eigenvalue weighted by atomic mass is 10.0. The first-order valence-corrected chi connectivity index (χ1v) is 13.9. The van der Waals surface area contributed by atoms with Gasteiger partial charge in [0.1, 0.15) is 17.3 Å². The molecule has 0 radical (unpaired) electrons. The van der Waals surface area contributed by atoms with Gasteiger partial charge in [0.05, 0.1) is 12.2 Å². The molecule has 0 aliphatic rings. The molecular formula is C33H41FO3. The van der Waals surface area contributed by atoms with Crippen molar-refractivity contribution >= 4 is 5.97 Å². The molecule has 37 heavy (non-hydrogen) atoms. The third-order valence-electron chi connectivity index (χ3n) is 6.61. The van der Waals surface area contributed by atoms with Crippen molar-refractivity contribution in [3.63, 3.8) is 0 Å². The van der Waals surface area contributed by atoms with Gasteiger partial charge in [0.15, 0.2) is 0 Å². The fraction of sp³-hybridized carbons (Fsp3) is 0.424. The average molecular weight is 505 g/mol. The predicted octanol–water partition coefficient (Wildman–Crippen LogP) is 9.57. The molecule has 3 rings (SSSR count). The van der Waals surface area contributed by atoms with Crippen LogP contribution in [0.1, 0.15) is 94.0 Å². The topological polar surface area (TPSA) is 35.5 Å². The van der Waals surface area contributed by atoms with Crippen molar-refractivity contribution in [1.82, 2.24) is 0 Å². The zero-order chi connectivity index (χ0) is 26.3. The van der Waals surface area contributed by atoms with Gasteiger partial charge in [-0.05, 0) is 72.4 Å². The first kappa shape index (κ1) is 28.4. The molecular weight excluding hydrogens is 463 g/mol. The van der Waals surface area contributed by atoms with Crippen molar-refractivity contribution in [2.24, 2.45) is 0 Å². The summed E-state index contributed by atoms with van der Waals surface area (Å²) in [5.41, 5.74) is 2.95. The van der Waals surface area contributed by atoms with Crippen LogP contribution in [-0.2, 0) is 6.42 Å². The van der Waals surface area contributed by atoms with Crippen LogP contribution in [0.15, 0.2) is 66.7 Å². The van der Waals surface area contributed by atoms with E-state index in [2.05, 4.69) is 13.8 Å². The van der Waals surface area contributed by atoms with Gasteiger partial charge in [-0.2, -0.15) is 0 Å². The Morgan fingerprint density at radius 2 is 1.24 bits per heavy atom. The number of aryl methyl sites for hydroxylation is 1. The van der Waals surface area contributed by atoms with Crippen LogP contribution in [0.5, 0.6) is 11.5 Å². The summed E-state index contributed by atoms with van der Waals surface area (Å²) in [7, 11) is 0. The maximum absolute atomic E-state index is 14.6. The largest absolute Gasteiger partial charge is 0.494 e. The number of unbranched alkanes of at least 4 members (excludes halogenated alkanes) is 8. The normalized spacial score (nSPS) is 10.9. The third-order valence-corrected chi connectivity index (χ3v) is 6.61. The van der Waals surface area contributed by atoms with Gasteiger partial charge in [-0.1, -0.05) is 95.5 Å². The van der Waals surface area contributed by atoms with Crippen LogP contribution in [-0.4, -0.2) is 12.6 Å². The molecule has 3 aromatic rings. The van der Waals surface area contributed by atoms with E-state index in [-0.39, 0.29) is 11.4 Å². The molecule has 198 valence electrons. The van der Waals surface area contributed by atoms with E-state index >= 15 is 0 Å². The minimum absolute atomic E-state index is 0.222. The molecule has 3 nitrogen and oxygen atoms in total. The SMILES string of the molecule is CCCCCCCCCc1ccc(C(=O)Oc2ccc(-c3ccc(OCCCCC)cc3)cc2)cc1F. The van der Waals surface area contributed by atoms with Gasteiger partial charge in [-0.15, -0.1) is 0 Å². The van der Waals surface area contributed by atoms with E-state index in [1.807, 2.05) is 36.4 Å². The molecule has 0 bridgehead atoms. The Morgan fingerprint density at radius 1 is 0.676 bits per heavy atom. The second-order valence-electron chi connectivity index (χ2n) is 9.67. The van der Waals surface area contributed by atoms with E-state index in [4.69, 9.17) is 9.47 Å². The van der Waals surface area contributed by atoms with Crippen LogP contribution in [0, 0.1) is 5.82 Å². The fourth-order valence-electron chi connectivity index (χ4n) is 4.32. The highest BCUT2D eigenvalue weighted by atomic mass is 19.1. The minimum atomic E-state index is -0.557. The molecule has 0 aliphatic carbocycles. The van der Waals surface area contributed by atoms with E-state index in [0.29, 0.717) is 17.7 Å². The highest BCUT2D eigenvalue weighted by molar-refractivity contribution is 5.91. The Morgan fingerprint density at radius 3 is 1.86 bits per heavy atom. The van der Waals surface area contributed by atoms with Gasteiger partial charge in [-0.25, -0.2) is 9.18 Å². The first-order chi connectivity index (χ1) is 18.1. The summed E-state index contributed by atoms with van der Waals surface area (Å²) in [6, 6.07) is 20.0. The number of halogens is 1. The van der Waals surface area contributed by atoms with Crippen LogP contribution < -0.4 is 9.47 Å². The van der Waals surface area contributed by atoms with Gasteiger partial charge in [0.2, 0.25) is 0 Å². The molecule has 0 saturated carbocycles. The van der Waals surface area contributed by atoms with Gasteiger partial charge in [-0.3, -0.25) is 0 Å². The number of carbonyl (C=O) groups is 1. The lowest BCUT2D eigenvalue weighted by Crippen LogP contribution is -2.09. The highest BCUT2D eigenvalue weighted by Gasteiger charge is 2.12. The lowest BCUT2D eigenvalue weighted by Gasteiger charge is -2.09. The number of benzene rings is 3. The number of hydrogen-bond donors (Lipinski definition) is 0. The fourth-order valence-corrected chi connectivity index (χ4v) is 4.32. The van der Waals surface area contributed by atoms with Crippen LogP contribution in [0.3, 0.4) is 0 Å². The molecule has 0 atom stereocenters. The van der Waals surface area contributed by atoms with Crippen LogP contribution >= 0.6 is 0 Å². The Hall–Kier alpha value is -3.14. The average Bonchev–Trinajstić information content (AvgIpc) is 2.92. The number of carbonyl (C=O) groups excluding carboxylic acids is 1. The maximum atomic E-state index is 14.6. The monoisotopic (exact) mass is 504 g/mol. The molecule has 0 saturated heterocycles. The first-order valence-electron chi connectivity index (χ1n) is 13.9. The molecule has 0 aliphatic heterocycles. The molecule has 0 aromatic heterocycles. The van der Waals surface area contributed by atoms with E-state index in [9.17, 15) is 9.18 Å². The standard InChI is InChI=1S/C33H41FO3/c1-3-5-7-8-9-10-11-13-28-14-15-29(25-32(28)34)33(35)37-31-22-18-27(19-23-31)26-16-20-30(21-17-26)36-24-12-6-4-2/h14-23,25H,3-13,24H2,1-2H3. The summed E-state index contributed by atoms with van der Waals surface area (Å²) in [6.07, 6.45) is 12.5. The molecule has 0 spiro atoms. The third kappa shape index (κ3) is 9.68. The summed E-state index contributed by atoms with van der Waals surface area (Å²) >= 11 is 0. The molecule has 0 heterocycles. The summed E-state index contributed by atoms with van der Waals surface area (Å²) in [4.78, 5) is 12.6. The van der Waals surface area contributed by atoms with Crippen molar-refractivity contribution in [2.45, 2.75) is 84.5 Å². The summed E-state index contributed by atoms with van der Waals surface area (Å²) in [5, 5.41) is 0. The molecule has 0 fully saturated rings. The van der Waals surface area contributed by atoms with Crippen molar-refractivity contribution in [1.29, 1.82) is 0 Å². The number of rotatable bonds is 16. The van der Waals surface area contributed by atoms with E-state index < -0.39 is 5.97 Å². The number of esters is 1. The van der Waals surface area contributed by atoms with Gasteiger partial charge in [0.25, 0.3) is 0 Å².